The summed E-state index contributed by atoms with van der Waals surface area (Å²) in [5, 5.41) is 13.9. The molecule has 0 unspecified atom stereocenters. The summed E-state index contributed by atoms with van der Waals surface area (Å²) in [5.41, 5.74) is 2.64. The van der Waals surface area contributed by atoms with Crippen LogP contribution in [-0.2, 0) is 16.1 Å². The molecule has 3 aromatic rings. The minimum absolute atomic E-state index is 0.0182. The summed E-state index contributed by atoms with van der Waals surface area (Å²) in [6.45, 7) is 0.554. The topological polar surface area (TPSA) is 97.3 Å². The minimum atomic E-state index is -0.955. The van der Waals surface area contributed by atoms with Crippen molar-refractivity contribution in [1.82, 2.24) is 4.90 Å². The Labute approximate surface area is 204 Å². The first kappa shape index (κ1) is 24.3. The van der Waals surface area contributed by atoms with Crippen molar-refractivity contribution < 1.29 is 28.9 Å². The van der Waals surface area contributed by atoms with E-state index in [2.05, 4.69) is 5.32 Å². The van der Waals surface area contributed by atoms with Gasteiger partial charge in [-0.15, -0.1) is 0 Å². The third-order valence-corrected chi connectivity index (χ3v) is 5.97. The molecule has 0 aromatic heterocycles. The van der Waals surface area contributed by atoms with Crippen LogP contribution in [0.25, 0.3) is 0 Å². The first-order valence-electron chi connectivity index (χ1n) is 11.2. The monoisotopic (exact) mass is 476 g/mol. The van der Waals surface area contributed by atoms with Crippen molar-refractivity contribution in [3.63, 3.8) is 0 Å². The van der Waals surface area contributed by atoms with Gasteiger partial charge >= 0.3 is 0 Å². The molecular weight excluding hydrogens is 448 g/mol. The number of aliphatic hydroxyl groups excluding tert-OH is 1. The minimum Gasteiger partial charge on any atom is -0.497 e. The van der Waals surface area contributed by atoms with E-state index in [0.717, 1.165) is 11.3 Å². The Morgan fingerprint density at radius 2 is 1.60 bits per heavy atom. The van der Waals surface area contributed by atoms with Crippen LogP contribution in [0.3, 0.4) is 0 Å². The van der Waals surface area contributed by atoms with E-state index in [0.29, 0.717) is 29.1 Å². The average Bonchev–Trinajstić information content (AvgIpc) is 2.90. The molecule has 2 atom stereocenters. The van der Waals surface area contributed by atoms with Crippen molar-refractivity contribution in [2.45, 2.75) is 18.7 Å². The Morgan fingerprint density at radius 1 is 1.00 bits per heavy atom. The number of hydrogen-bond donors (Lipinski definition) is 2. The molecule has 0 spiro atoms. The highest BCUT2D eigenvalue weighted by molar-refractivity contribution is 6.04. The third kappa shape index (κ3) is 5.79. The molecule has 3 aromatic carbocycles. The lowest BCUT2D eigenvalue weighted by Gasteiger charge is -2.38. The predicted molar refractivity (Wildman–Crippen MR) is 130 cm³/mol. The number of carbonyl (C=O) groups excluding carboxylic acids is 2. The number of ether oxygens (including phenoxy) is 3. The highest BCUT2D eigenvalue weighted by Gasteiger charge is 2.34. The number of benzene rings is 3. The largest absolute Gasteiger partial charge is 0.497 e. The summed E-state index contributed by atoms with van der Waals surface area (Å²) in [5.74, 6) is 0.973. The van der Waals surface area contributed by atoms with Crippen molar-refractivity contribution in [2.24, 2.45) is 0 Å². The van der Waals surface area contributed by atoms with E-state index in [1.807, 2.05) is 24.3 Å². The van der Waals surface area contributed by atoms with Crippen LogP contribution in [0.2, 0.25) is 0 Å². The Hall–Kier alpha value is -3.88. The molecule has 0 saturated carbocycles. The molecule has 2 amide bonds. The summed E-state index contributed by atoms with van der Waals surface area (Å²) < 4.78 is 15.8. The van der Waals surface area contributed by atoms with E-state index in [-0.39, 0.29) is 25.0 Å². The fourth-order valence-corrected chi connectivity index (χ4v) is 3.95. The van der Waals surface area contributed by atoms with Crippen LogP contribution >= 0.6 is 0 Å². The van der Waals surface area contributed by atoms with Crippen molar-refractivity contribution >= 4 is 17.5 Å². The normalized spacial score (nSPS) is 16.5. The number of carbonyl (C=O) groups is 2. The lowest BCUT2D eigenvalue weighted by atomic mass is 9.99. The first-order chi connectivity index (χ1) is 17.0. The second-order valence-electron chi connectivity index (χ2n) is 8.20. The molecule has 0 radical (unpaired) electrons. The quantitative estimate of drug-likeness (QED) is 0.517. The number of nitrogens with zero attached hydrogens (tertiary/aromatic N) is 1. The van der Waals surface area contributed by atoms with E-state index in [1.54, 1.807) is 67.7 Å². The molecule has 8 nitrogen and oxygen atoms in total. The van der Waals surface area contributed by atoms with Crippen LogP contribution in [0.15, 0.2) is 72.8 Å². The van der Waals surface area contributed by atoms with Crippen LogP contribution < -0.4 is 14.8 Å². The first-order valence-corrected chi connectivity index (χ1v) is 11.2. The van der Waals surface area contributed by atoms with Crippen molar-refractivity contribution in [1.29, 1.82) is 0 Å². The van der Waals surface area contributed by atoms with Gasteiger partial charge in [-0.25, -0.2) is 0 Å². The summed E-state index contributed by atoms with van der Waals surface area (Å²) in [6.07, 6.45) is -0.955. The van der Waals surface area contributed by atoms with E-state index in [4.69, 9.17) is 14.2 Å². The summed E-state index contributed by atoms with van der Waals surface area (Å²) in [7, 11) is 3.17. The maximum atomic E-state index is 12.6. The van der Waals surface area contributed by atoms with Gasteiger partial charge in [-0.05, 0) is 59.7 Å². The summed E-state index contributed by atoms with van der Waals surface area (Å²) in [4.78, 5) is 26.8. The average molecular weight is 477 g/mol. The molecule has 182 valence electrons. The molecule has 1 fully saturated rings. The summed E-state index contributed by atoms with van der Waals surface area (Å²) >= 11 is 0. The van der Waals surface area contributed by atoms with Gasteiger partial charge in [-0.1, -0.05) is 24.3 Å². The van der Waals surface area contributed by atoms with E-state index < -0.39 is 12.1 Å². The zero-order valence-corrected chi connectivity index (χ0v) is 19.6. The molecule has 1 heterocycles. The lowest BCUT2D eigenvalue weighted by molar-refractivity contribution is -0.155. The lowest BCUT2D eigenvalue weighted by Crippen LogP contribution is -2.51. The Bertz CT molecular complexity index is 1150. The molecule has 1 aliphatic heterocycles. The molecular formula is C27H28N2O6. The number of anilines is 1. The van der Waals surface area contributed by atoms with Gasteiger partial charge in [0.15, 0.2) is 0 Å². The van der Waals surface area contributed by atoms with Crippen LogP contribution in [0, 0.1) is 0 Å². The Morgan fingerprint density at radius 3 is 2.20 bits per heavy atom. The van der Waals surface area contributed by atoms with Gasteiger partial charge in [-0.2, -0.15) is 0 Å². The van der Waals surface area contributed by atoms with E-state index in [9.17, 15) is 14.7 Å². The van der Waals surface area contributed by atoms with Crippen molar-refractivity contribution in [3.8, 4) is 11.5 Å². The molecule has 4 rings (SSSR count). The van der Waals surface area contributed by atoms with Gasteiger partial charge < -0.3 is 29.5 Å². The number of hydrogen-bond acceptors (Lipinski definition) is 6. The predicted octanol–water partition coefficient (Wildman–Crippen LogP) is 3.42. The number of rotatable bonds is 8. The summed E-state index contributed by atoms with van der Waals surface area (Å²) in [6, 6.07) is 20.6. The maximum absolute atomic E-state index is 12.6. The van der Waals surface area contributed by atoms with E-state index >= 15 is 0 Å². The zero-order chi connectivity index (χ0) is 24.8. The number of aliphatic hydroxyl groups is 1. The van der Waals surface area contributed by atoms with Gasteiger partial charge in [0.2, 0.25) is 5.91 Å². The number of morpholine rings is 1. The van der Waals surface area contributed by atoms with Gasteiger partial charge in [0.05, 0.1) is 26.9 Å². The van der Waals surface area contributed by atoms with Crippen LogP contribution in [0.4, 0.5) is 5.69 Å². The zero-order valence-electron chi connectivity index (χ0n) is 19.6. The van der Waals surface area contributed by atoms with Gasteiger partial charge in [0, 0.05) is 17.8 Å². The Kier molecular flexibility index (Phi) is 7.64. The van der Waals surface area contributed by atoms with Gasteiger partial charge in [0.25, 0.3) is 5.91 Å². The van der Waals surface area contributed by atoms with E-state index in [1.165, 1.54) is 0 Å². The Balaban J connectivity index is 1.44. The molecule has 35 heavy (non-hydrogen) atoms. The number of nitrogens with one attached hydrogen (secondary N) is 1. The molecule has 0 bridgehead atoms. The van der Waals surface area contributed by atoms with Crippen LogP contribution in [-0.4, -0.2) is 55.3 Å². The fraction of sp³-hybridized carbons (Fsp3) is 0.259. The highest BCUT2D eigenvalue weighted by Crippen LogP contribution is 2.27. The maximum Gasteiger partial charge on any atom is 0.255 e. The molecule has 1 saturated heterocycles. The van der Waals surface area contributed by atoms with Crippen molar-refractivity contribution in [3.05, 3.63) is 89.5 Å². The molecule has 2 N–H and O–H groups in total. The second kappa shape index (κ2) is 11.0. The fourth-order valence-electron chi connectivity index (χ4n) is 3.95. The SMILES string of the molecule is COc1ccc(CN2C(=O)COC[C@@H]2[C@H](O)c2ccc(NC(=O)c3ccc(OC)cc3)cc2)cc1. The highest BCUT2D eigenvalue weighted by atomic mass is 16.5. The third-order valence-electron chi connectivity index (χ3n) is 5.97. The molecule has 0 aliphatic carbocycles. The van der Waals surface area contributed by atoms with Crippen molar-refractivity contribution in [2.75, 3.05) is 32.8 Å². The number of methoxy groups -OCH3 is 2. The second-order valence-corrected chi connectivity index (χ2v) is 8.20. The standard InChI is InChI=1S/C27H28N2O6/c1-33-22-11-3-18(4-12-22)15-29-24(16-35-17-25(29)30)26(31)19-5-9-21(10-6-19)28-27(32)20-7-13-23(34-2)14-8-20/h3-14,24,26,31H,15-17H2,1-2H3,(H,28,32)/t24-,26-/m1/s1. The van der Waals surface area contributed by atoms with Crippen LogP contribution in [0.1, 0.15) is 27.6 Å². The molecule has 8 heteroatoms. The van der Waals surface area contributed by atoms with Gasteiger partial charge in [-0.3, -0.25) is 9.59 Å². The van der Waals surface area contributed by atoms with Gasteiger partial charge in [0.1, 0.15) is 24.2 Å². The smallest absolute Gasteiger partial charge is 0.255 e. The number of amides is 2. The molecule has 1 aliphatic rings. The van der Waals surface area contributed by atoms with Crippen LogP contribution in [0.5, 0.6) is 11.5 Å².